The summed E-state index contributed by atoms with van der Waals surface area (Å²) in [4.78, 5) is 43.7. The number of nitrogens with zero attached hydrogens (tertiary/aromatic N) is 4. The number of thioether (sulfide) groups is 1. The second kappa shape index (κ2) is 12.7. The predicted octanol–water partition coefficient (Wildman–Crippen LogP) is 5.83. The molecule has 8 nitrogen and oxygen atoms in total. The molecule has 0 aromatic heterocycles. The Balaban J connectivity index is 1.21. The standard InChI is InChI=1S/C30H24Cl2N4O4S/c31-24-14-20(15-25(32)28(24)40-19-22-7-5-4-6-21(22)17-33)16-26-29(38)36(30(39)41-26)18-27(37)35-12-10-34(11-13-35)23-8-2-1-3-9-23/h1-9,14-16H,10-13,18-19H2/b26-16+. The minimum atomic E-state index is -0.544. The van der Waals surface area contributed by atoms with Crippen molar-refractivity contribution in [3.63, 3.8) is 0 Å². The SMILES string of the molecule is N#Cc1ccccc1COc1c(Cl)cc(/C=C2/SC(=O)N(CC(=O)N3CCN(c4ccccc4)CC3)C2=O)cc1Cl. The Labute approximate surface area is 251 Å². The average Bonchev–Trinajstić information content (AvgIpc) is 3.24. The maximum atomic E-state index is 13.1. The van der Waals surface area contributed by atoms with Crippen molar-refractivity contribution in [2.75, 3.05) is 37.6 Å². The van der Waals surface area contributed by atoms with Crippen LogP contribution < -0.4 is 9.64 Å². The molecule has 2 aliphatic heterocycles. The number of halogens is 2. The summed E-state index contributed by atoms with van der Waals surface area (Å²) in [6.45, 7) is 2.14. The Morgan fingerprint density at radius 2 is 1.63 bits per heavy atom. The van der Waals surface area contributed by atoms with Crippen LogP contribution in [-0.4, -0.2) is 59.6 Å². The molecule has 11 heteroatoms. The van der Waals surface area contributed by atoms with Gasteiger partial charge in [0, 0.05) is 37.4 Å². The lowest BCUT2D eigenvalue weighted by Gasteiger charge is -2.36. The normalized spacial score (nSPS) is 16.3. The molecule has 208 valence electrons. The molecule has 0 radical (unpaired) electrons. The van der Waals surface area contributed by atoms with Crippen molar-refractivity contribution in [3.05, 3.63) is 98.4 Å². The Hall–Kier alpha value is -3.97. The van der Waals surface area contributed by atoms with Gasteiger partial charge in [0.05, 0.1) is 26.6 Å². The zero-order chi connectivity index (χ0) is 28.9. The van der Waals surface area contributed by atoms with Gasteiger partial charge >= 0.3 is 0 Å². The van der Waals surface area contributed by atoms with Crippen LogP contribution in [0.5, 0.6) is 5.75 Å². The molecule has 0 bridgehead atoms. The number of imide groups is 1. The zero-order valence-electron chi connectivity index (χ0n) is 21.8. The molecule has 2 saturated heterocycles. The van der Waals surface area contributed by atoms with E-state index in [-0.39, 0.29) is 39.8 Å². The number of benzene rings is 3. The average molecular weight is 608 g/mol. The number of carbonyl (C=O) groups is 3. The minimum absolute atomic E-state index is 0.0940. The van der Waals surface area contributed by atoms with E-state index in [1.807, 2.05) is 30.3 Å². The van der Waals surface area contributed by atoms with Crippen LogP contribution in [0.3, 0.4) is 0 Å². The van der Waals surface area contributed by atoms with Crippen LogP contribution in [0.15, 0.2) is 71.6 Å². The van der Waals surface area contributed by atoms with Crippen LogP contribution in [-0.2, 0) is 16.2 Å². The predicted molar refractivity (Wildman–Crippen MR) is 160 cm³/mol. The molecule has 0 spiro atoms. The van der Waals surface area contributed by atoms with Gasteiger partial charge in [-0.25, -0.2) is 0 Å². The molecule has 41 heavy (non-hydrogen) atoms. The summed E-state index contributed by atoms with van der Waals surface area (Å²) >= 11 is 13.6. The summed E-state index contributed by atoms with van der Waals surface area (Å²) < 4.78 is 5.79. The monoisotopic (exact) mass is 606 g/mol. The molecule has 3 aromatic rings. The third-order valence-corrected chi connectivity index (χ3v) is 8.22. The molecule has 2 heterocycles. The van der Waals surface area contributed by atoms with Crippen molar-refractivity contribution in [2.45, 2.75) is 6.61 Å². The first-order valence-corrected chi connectivity index (χ1v) is 14.3. The molecule has 0 aliphatic carbocycles. The zero-order valence-corrected chi connectivity index (χ0v) is 24.1. The number of carbonyl (C=O) groups excluding carboxylic acids is 3. The van der Waals surface area contributed by atoms with Gasteiger partial charge in [-0.15, -0.1) is 0 Å². The highest BCUT2D eigenvalue weighted by Gasteiger charge is 2.37. The number of hydrogen-bond acceptors (Lipinski definition) is 7. The van der Waals surface area contributed by atoms with Crippen molar-refractivity contribution in [2.24, 2.45) is 0 Å². The fraction of sp³-hybridized carbons (Fsp3) is 0.200. The van der Waals surface area contributed by atoms with Gasteiger partial charge < -0.3 is 14.5 Å². The quantitative estimate of drug-likeness (QED) is 0.312. The van der Waals surface area contributed by atoms with Crippen LogP contribution in [0.2, 0.25) is 10.0 Å². The molecule has 0 saturated carbocycles. The van der Waals surface area contributed by atoms with Crippen molar-refractivity contribution < 1.29 is 19.1 Å². The summed E-state index contributed by atoms with van der Waals surface area (Å²) in [5, 5.41) is 9.19. The Morgan fingerprint density at radius 3 is 2.32 bits per heavy atom. The smallest absolute Gasteiger partial charge is 0.294 e. The van der Waals surface area contributed by atoms with Gasteiger partial charge in [0.15, 0.2) is 5.75 Å². The highest BCUT2D eigenvalue weighted by Crippen LogP contribution is 2.38. The van der Waals surface area contributed by atoms with Gasteiger partial charge in [0.2, 0.25) is 5.91 Å². The van der Waals surface area contributed by atoms with Crippen LogP contribution in [0.4, 0.5) is 10.5 Å². The van der Waals surface area contributed by atoms with Gasteiger partial charge in [-0.3, -0.25) is 19.3 Å². The number of rotatable bonds is 7. The van der Waals surface area contributed by atoms with E-state index in [2.05, 4.69) is 11.0 Å². The summed E-state index contributed by atoms with van der Waals surface area (Å²) in [6, 6.07) is 22.3. The molecule has 2 fully saturated rings. The van der Waals surface area contributed by atoms with Gasteiger partial charge in [-0.05, 0) is 53.7 Å². The molecular formula is C30H24Cl2N4O4S. The molecule has 0 unspecified atom stereocenters. The summed E-state index contributed by atoms with van der Waals surface area (Å²) in [5.74, 6) is -0.576. The topological polar surface area (TPSA) is 93.9 Å². The molecule has 2 aliphatic rings. The second-order valence-corrected chi connectivity index (χ2v) is 11.2. The maximum absolute atomic E-state index is 13.1. The maximum Gasteiger partial charge on any atom is 0.294 e. The third kappa shape index (κ3) is 6.51. The van der Waals surface area contributed by atoms with Gasteiger partial charge in [-0.2, -0.15) is 5.26 Å². The van der Waals surface area contributed by atoms with E-state index in [1.165, 1.54) is 6.08 Å². The Morgan fingerprint density at radius 1 is 0.976 bits per heavy atom. The van der Waals surface area contributed by atoms with E-state index < -0.39 is 11.1 Å². The van der Waals surface area contributed by atoms with E-state index >= 15 is 0 Å². The van der Waals surface area contributed by atoms with Crippen LogP contribution >= 0.6 is 35.0 Å². The fourth-order valence-corrected chi connectivity index (χ4v) is 6.03. The van der Waals surface area contributed by atoms with Crippen molar-refractivity contribution in [3.8, 4) is 11.8 Å². The Kier molecular flexibility index (Phi) is 8.84. The number of para-hydroxylation sites is 1. The second-order valence-electron chi connectivity index (χ2n) is 9.34. The van der Waals surface area contributed by atoms with Gasteiger partial charge in [-0.1, -0.05) is 59.6 Å². The van der Waals surface area contributed by atoms with Gasteiger partial charge in [0.1, 0.15) is 13.2 Å². The molecule has 3 amide bonds. The molecule has 0 atom stereocenters. The number of anilines is 1. The Bertz CT molecular complexity index is 1540. The van der Waals surface area contributed by atoms with Crippen LogP contribution in [0.1, 0.15) is 16.7 Å². The number of piperazine rings is 1. The van der Waals surface area contributed by atoms with Gasteiger partial charge in [0.25, 0.3) is 11.1 Å². The summed E-state index contributed by atoms with van der Waals surface area (Å²) in [6.07, 6.45) is 1.51. The van der Waals surface area contributed by atoms with E-state index in [0.29, 0.717) is 42.9 Å². The van der Waals surface area contributed by atoms with E-state index in [4.69, 9.17) is 27.9 Å². The highest BCUT2D eigenvalue weighted by molar-refractivity contribution is 8.18. The third-order valence-electron chi connectivity index (χ3n) is 6.75. The number of ether oxygens (including phenoxy) is 1. The number of hydrogen-bond donors (Lipinski definition) is 0. The largest absolute Gasteiger partial charge is 0.486 e. The van der Waals surface area contributed by atoms with E-state index in [0.717, 1.165) is 22.3 Å². The van der Waals surface area contributed by atoms with Crippen LogP contribution in [0.25, 0.3) is 6.08 Å². The first kappa shape index (κ1) is 28.6. The first-order valence-electron chi connectivity index (χ1n) is 12.8. The van der Waals surface area contributed by atoms with Crippen molar-refractivity contribution in [1.29, 1.82) is 5.26 Å². The molecule has 3 aromatic carbocycles. The lowest BCUT2D eigenvalue weighted by Crippen LogP contribution is -2.51. The van der Waals surface area contributed by atoms with E-state index in [1.54, 1.807) is 41.3 Å². The fourth-order valence-electron chi connectivity index (χ4n) is 4.58. The molecular weight excluding hydrogens is 583 g/mol. The highest BCUT2D eigenvalue weighted by atomic mass is 35.5. The minimum Gasteiger partial charge on any atom is -0.486 e. The lowest BCUT2D eigenvalue weighted by atomic mass is 10.1. The van der Waals surface area contributed by atoms with E-state index in [9.17, 15) is 19.6 Å². The first-order chi connectivity index (χ1) is 19.8. The van der Waals surface area contributed by atoms with Crippen molar-refractivity contribution in [1.82, 2.24) is 9.80 Å². The van der Waals surface area contributed by atoms with Crippen LogP contribution in [0, 0.1) is 11.3 Å². The summed E-state index contributed by atoms with van der Waals surface area (Å²) in [5.41, 5.74) is 2.77. The number of amides is 3. The van der Waals surface area contributed by atoms with Crippen molar-refractivity contribution >= 4 is 63.8 Å². The molecule has 5 rings (SSSR count). The lowest BCUT2D eigenvalue weighted by molar-refractivity contribution is -0.136. The number of nitriles is 1. The summed E-state index contributed by atoms with van der Waals surface area (Å²) in [7, 11) is 0. The molecule has 0 N–H and O–H groups in total.